The van der Waals surface area contributed by atoms with Gasteiger partial charge in [-0.3, -0.25) is 9.69 Å². The lowest BCUT2D eigenvalue weighted by atomic mass is 10.0. The van der Waals surface area contributed by atoms with Crippen molar-refractivity contribution in [3.8, 4) is 0 Å². The first-order valence-corrected chi connectivity index (χ1v) is 7.94. The molecule has 1 fully saturated rings. The van der Waals surface area contributed by atoms with Gasteiger partial charge in [0.2, 0.25) is 5.91 Å². The molecule has 4 nitrogen and oxygen atoms in total. The van der Waals surface area contributed by atoms with Crippen molar-refractivity contribution in [3.05, 3.63) is 35.9 Å². The average Bonchev–Trinajstić information content (AvgIpc) is 2.53. The predicted molar refractivity (Wildman–Crippen MR) is 85.9 cm³/mol. The molecule has 1 amide bonds. The summed E-state index contributed by atoms with van der Waals surface area (Å²) in [6.07, 6.45) is 1.25. The van der Waals surface area contributed by atoms with Gasteiger partial charge in [0.1, 0.15) is 0 Å². The van der Waals surface area contributed by atoms with Crippen molar-refractivity contribution in [2.24, 2.45) is 5.73 Å². The average molecular weight is 289 g/mol. The third kappa shape index (κ3) is 4.29. The second-order valence-corrected chi connectivity index (χ2v) is 5.87. The Kier molecular flexibility index (Phi) is 5.76. The molecule has 2 rings (SSSR count). The van der Waals surface area contributed by atoms with Gasteiger partial charge in [0.25, 0.3) is 0 Å². The van der Waals surface area contributed by atoms with Gasteiger partial charge in [0.15, 0.2) is 0 Å². The zero-order valence-electron chi connectivity index (χ0n) is 13.2. The lowest BCUT2D eigenvalue weighted by molar-refractivity contribution is -0.134. The topological polar surface area (TPSA) is 49.6 Å². The molecule has 21 heavy (non-hydrogen) atoms. The largest absolute Gasteiger partial charge is 0.340 e. The molecule has 0 aliphatic carbocycles. The standard InChI is InChI=1S/C17H27N3O/c1-3-19-11-12-20(13-14(19)2)17(21)10-9-16(18)15-7-5-4-6-8-15/h4-8,14,16H,3,9-13,18H2,1-2H3. The van der Waals surface area contributed by atoms with E-state index >= 15 is 0 Å². The Hall–Kier alpha value is -1.39. The van der Waals surface area contributed by atoms with Crippen LogP contribution in [0.15, 0.2) is 30.3 Å². The highest BCUT2D eigenvalue weighted by Gasteiger charge is 2.25. The monoisotopic (exact) mass is 289 g/mol. The fourth-order valence-corrected chi connectivity index (χ4v) is 3.00. The number of nitrogens with zero attached hydrogens (tertiary/aromatic N) is 2. The first-order chi connectivity index (χ1) is 10.1. The Balaban J connectivity index is 1.80. The van der Waals surface area contributed by atoms with Gasteiger partial charge in [-0.15, -0.1) is 0 Å². The minimum absolute atomic E-state index is 0.0514. The summed E-state index contributed by atoms with van der Waals surface area (Å²) in [5.41, 5.74) is 7.27. The number of carbonyl (C=O) groups is 1. The molecule has 1 heterocycles. The number of hydrogen-bond donors (Lipinski definition) is 1. The minimum atomic E-state index is -0.0514. The van der Waals surface area contributed by atoms with Crippen molar-refractivity contribution in [3.63, 3.8) is 0 Å². The molecule has 4 heteroatoms. The molecule has 0 radical (unpaired) electrons. The highest BCUT2D eigenvalue weighted by atomic mass is 16.2. The van der Waals surface area contributed by atoms with Gasteiger partial charge in [0.05, 0.1) is 0 Å². The van der Waals surface area contributed by atoms with Crippen LogP contribution in [0.5, 0.6) is 0 Å². The van der Waals surface area contributed by atoms with Crippen molar-refractivity contribution >= 4 is 5.91 Å². The third-order valence-corrected chi connectivity index (χ3v) is 4.42. The summed E-state index contributed by atoms with van der Waals surface area (Å²) >= 11 is 0. The van der Waals surface area contributed by atoms with Gasteiger partial charge < -0.3 is 10.6 Å². The van der Waals surface area contributed by atoms with Crippen molar-refractivity contribution in [1.82, 2.24) is 9.80 Å². The van der Waals surface area contributed by atoms with Gasteiger partial charge >= 0.3 is 0 Å². The number of hydrogen-bond acceptors (Lipinski definition) is 3. The van der Waals surface area contributed by atoms with E-state index in [0.717, 1.165) is 31.7 Å². The quantitative estimate of drug-likeness (QED) is 0.902. The van der Waals surface area contributed by atoms with Gasteiger partial charge in [-0.1, -0.05) is 37.3 Å². The molecule has 0 spiro atoms. The van der Waals surface area contributed by atoms with Crippen LogP contribution in [-0.4, -0.2) is 47.9 Å². The molecule has 1 aliphatic heterocycles. The number of amides is 1. The zero-order chi connectivity index (χ0) is 15.2. The Morgan fingerprint density at radius 2 is 2.05 bits per heavy atom. The Morgan fingerprint density at radius 1 is 1.33 bits per heavy atom. The molecule has 0 bridgehead atoms. The van der Waals surface area contributed by atoms with Crippen LogP contribution in [-0.2, 0) is 4.79 Å². The van der Waals surface area contributed by atoms with Gasteiger partial charge in [-0.25, -0.2) is 0 Å². The fourth-order valence-electron chi connectivity index (χ4n) is 3.00. The summed E-state index contributed by atoms with van der Waals surface area (Å²) in [5, 5.41) is 0. The zero-order valence-corrected chi connectivity index (χ0v) is 13.2. The van der Waals surface area contributed by atoms with E-state index < -0.39 is 0 Å². The number of nitrogens with two attached hydrogens (primary N) is 1. The van der Waals surface area contributed by atoms with Crippen LogP contribution in [0.3, 0.4) is 0 Å². The van der Waals surface area contributed by atoms with E-state index in [1.807, 2.05) is 35.2 Å². The van der Waals surface area contributed by atoms with E-state index in [0.29, 0.717) is 18.9 Å². The van der Waals surface area contributed by atoms with Crippen molar-refractivity contribution in [2.45, 2.75) is 38.8 Å². The molecule has 0 aromatic heterocycles. The molecule has 1 saturated heterocycles. The molecule has 1 aromatic carbocycles. The van der Waals surface area contributed by atoms with E-state index in [1.165, 1.54) is 0 Å². The molecule has 1 aromatic rings. The predicted octanol–water partition coefficient (Wildman–Crippen LogP) is 2.02. The second kappa shape index (κ2) is 7.57. The van der Waals surface area contributed by atoms with Crippen molar-refractivity contribution in [2.75, 3.05) is 26.2 Å². The second-order valence-electron chi connectivity index (χ2n) is 5.87. The lowest BCUT2D eigenvalue weighted by Gasteiger charge is -2.39. The normalized spacial score (nSPS) is 21.3. The molecule has 116 valence electrons. The number of benzene rings is 1. The number of likely N-dealkylation sites (N-methyl/N-ethyl adjacent to an activating group) is 1. The molecule has 1 aliphatic rings. The summed E-state index contributed by atoms with van der Waals surface area (Å²) in [6.45, 7) is 8.09. The maximum Gasteiger partial charge on any atom is 0.222 e. The highest BCUT2D eigenvalue weighted by Crippen LogP contribution is 2.17. The number of rotatable bonds is 5. The third-order valence-electron chi connectivity index (χ3n) is 4.42. The Bertz CT molecular complexity index is 449. The smallest absolute Gasteiger partial charge is 0.222 e. The summed E-state index contributed by atoms with van der Waals surface area (Å²) in [5.74, 6) is 0.240. The Morgan fingerprint density at radius 3 is 2.67 bits per heavy atom. The van der Waals surface area contributed by atoms with Gasteiger partial charge in [-0.05, 0) is 25.5 Å². The van der Waals surface area contributed by atoms with E-state index in [4.69, 9.17) is 5.73 Å². The molecule has 2 N–H and O–H groups in total. The first kappa shape index (κ1) is 16.0. The molecular formula is C17H27N3O. The maximum absolute atomic E-state index is 12.3. The maximum atomic E-state index is 12.3. The van der Waals surface area contributed by atoms with Crippen LogP contribution < -0.4 is 5.73 Å². The lowest BCUT2D eigenvalue weighted by Crippen LogP contribution is -2.53. The number of piperazine rings is 1. The minimum Gasteiger partial charge on any atom is -0.340 e. The summed E-state index contributed by atoms with van der Waals surface area (Å²) < 4.78 is 0. The van der Waals surface area contributed by atoms with Crippen LogP contribution in [0.1, 0.15) is 38.3 Å². The van der Waals surface area contributed by atoms with Crippen LogP contribution in [0.25, 0.3) is 0 Å². The SMILES string of the molecule is CCN1CCN(C(=O)CCC(N)c2ccccc2)CC1C. The molecule has 0 saturated carbocycles. The van der Waals surface area contributed by atoms with Crippen LogP contribution in [0.2, 0.25) is 0 Å². The first-order valence-electron chi connectivity index (χ1n) is 7.94. The van der Waals surface area contributed by atoms with Crippen LogP contribution in [0.4, 0.5) is 0 Å². The summed E-state index contributed by atoms with van der Waals surface area (Å²) in [4.78, 5) is 16.7. The molecule has 2 unspecified atom stereocenters. The van der Waals surface area contributed by atoms with E-state index in [9.17, 15) is 4.79 Å². The van der Waals surface area contributed by atoms with Gasteiger partial charge in [0, 0.05) is 38.1 Å². The van der Waals surface area contributed by atoms with Crippen LogP contribution >= 0.6 is 0 Å². The van der Waals surface area contributed by atoms with Crippen molar-refractivity contribution < 1.29 is 4.79 Å². The van der Waals surface area contributed by atoms with E-state index in [1.54, 1.807) is 0 Å². The van der Waals surface area contributed by atoms with E-state index in [2.05, 4.69) is 18.7 Å². The Labute approximate surface area is 127 Å². The highest BCUT2D eigenvalue weighted by molar-refractivity contribution is 5.76. The van der Waals surface area contributed by atoms with Crippen LogP contribution in [0, 0.1) is 0 Å². The fraction of sp³-hybridized carbons (Fsp3) is 0.588. The number of carbonyl (C=O) groups excluding carboxylic acids is 1. The van der Waals surface area contributed by atoms with Crippen molar-refractivity contribution in [1.29, 1.82) is 0 Å². The van der Waals surface area contributed by atoms with E-state index in [-0.39, 0.29) is 11.9 Å². The molecular weight excluding hydrogens is 262 g/mol. The van der Waals surface area contributed by atoms with Gasteiger partial charge in [-0.2, -0.15) is 0 Å². The molecule has 2 atom stereocenters. The summed E-state index contributed by atoms with van der Waals surface area (Å²) in [7, 11) is 0. The summed E-state index contributed by atoms with van der Waals surface area (Å²) in [6, 6.07) is 10.4.